The Morgan fingerprint density at radius 2 is 2.11 bits per heavy atom. The van der Waals surface area contributed by atoms with Crippen molar-refractivity contribution in [3.8, 4) is 0 Å². The van der Waals surface area contributed by atoms with Crippen LogP contribution >= 0.6 is 11.3 Å². The maximum atomic E-state index is 4.40. The molecule has 0 aliphatic carbocycles. The Morgan fingerprint density at radius 1 is 1.22 bits per heavy atom. The summed E-state index contributed by atoms with van der Waals surface area (Å²) < 4.78 is 1.77. The zero-order valence-corrected chi connectivity index (χ0v) is 10.9. The SMILES string of the molecule is CCc1ccc(CNc2nc3ccccn3n2)s1. The quantitative estimate of drug-likeness (QED) is 0.782. The van der Waals surface area contributed by atoms with Gasteiger partial charge in [0.25, 0.3) is 0 Å². The first-order chi connectivity index (χ1) is 8.85. The predicted octanol–water partition coefficient (Wildman–Crippen LogP) is 2.97. The average molecular weight is 258 g/mol. The smallest absolute Gasteiger partial charge is 0.243 e. The molecule has 3 rings (SSSR count). The van der Waals surface area contributed by atoms with Gasteiger partial charge in [0.1, 0.15) is 0 Å². The van der Waals surface area contributed by atoms with E-state index in [4.69, 9.17) is 0 Å². The van der Waals surface area contributed by atoms with Crippen molar-refractivity contribution in [3.05, 3.63) is 46.3 Å². The number of anilines is 1. The maximum Gasteiger partial charge on any atom is 0.243 e. The second-order valence-electron chi connectivity index (χ2n) is 4.01. The van der Waals surface area contributed by atoms with Gasteiger partial charge in [0.15, 0.2) is 5.65 Å². The Balaban J connectivity index is 1.72. The van der Waals surface area contributed by atoms with Gasteiger partial charge in [-0.25, -0.2) is 4.52 Å². The lowest BCUT2D eigenvalue weighted by molar-refractivity contribution is 0.952. The van der Waals surface area contributed by atoms with E-state index in [0.717, 1.165) is 18.6 Å². The summed E-state index contributed by atoms with van der Waals surface area (Å²) in [6, 6.07) is 10.2. The van der Waals surface area contributed by atoms with Crippen molar-refractivity contribution in [2.75, 3.05) is 5.32 Å². The summed E-state index contributed by atoms with van der Waals surface area (Å²) in [5.74, 6) is 0.674. The highest BCUT2D eigenvalue weighted by Crippen LogP contribution is 2.17. The highest BCUT2D eigenvalue weighted by molar-refractivity contribution is 7.12. The van der Waals surface area contributed by atoms with E-state index >= 15 is 0 Å². The van der Waals surface area contributed by atoms with E-state index in [2.05, 4.69) is 34.5 Å². The van der Waals surface area contributed by atoms with Crippen LogP contribution in [0.3, 0.4) is 0 Å². The number of hydrogen-bond donors (Lipinski definition) is 1. The number of rotatable bonds is 4. The predicted molar refractivity (Wildman–Crippen MR) is 74.0 cm³/mol. The summed E-state index contributed by atoms with van der Waals surface area (Å²) in [6.07, 6.45) is 2.99. The molecule has 4 nitrogen and oxygen atoms in total. The number of nitrogens with one attached hydrogen (secondary N) is 1. The first-order valence-electron chi connectivity index (χ1n) is 5.98. The van der Waals surface area contributed by atoms with Crippen LogP contribution in [0.2, 0.25) is 0 Å². The van der Waals surface area contributed by atoms with E-state index in [1.54, 1.807) is 4.52 Å². The Hall–Kier alpha value is -1.88. The molecular weight excluding hydrogens is 244 g/mol. The fourth-order valence-electron chi connectivity index (χ4n) is 1.78. The Morgan fingerprint density at radius 3 is 2.89 bits per heavy atom. The molecule has 3 heterocycles. The Labute approximate surface area is 109 Å². The summed E-state index contributed by atoms with van der Waals surface area (Å²) in [4.78, 5) is 7.12. The monoisotopic (exact) mass is 258 g/mol. The first-order valence-corrected chi connectivity index (χ1v) is 6.79. The average Bonchev–Trinajstić information content (AvgIpc) is 3.02. The molecule has 5 heteroatoms. The number of aromatic nitrogens is 3. The van der Waals surface area contributed by atoms with Crippen molar-refractivity contribution >= 4 is 22.9 Å². The maximum absolute atomic E-state index is 4.40. The molecule has 0 spiro atoms. The van der Waals surface area contributed by atoms with Crippen LogP contribution in [0.1, 0.15) is 16.7 Å². The van der Waals surface area contributed by atoms with Gasteiger partial charge in [0, 0.05) is 16.0 Å². The van der Waals surface area contributed by atoms with Gasteiger partial charge in [-0.1, -0.05) is 13.0 Å². The van der Waals surface area contributed by atoms with E-state index in [-0.39, 0.29) is 0 Å². The van der Waals surface area contributed by atoms with Crippen LogP contribution in [-0.2, 0) is 13.0 Å². The molecule has 0 fully saturated rings. The van der Waals surface area contributed by atoms with Crippen LogP contribution in [0.4, 0.5) is 5.95 Å². The van der Waals surface area contributed by atoms with Crippen molar-refractivity contribution in [2.24, 2.45) is 0 Å². The molecule has 0 radical (unpaired) electrons. The topological polar surface area (TPSA) is 42.2 Å². The Bertz CT molecular complexity index is 623. The number of pyridine rings is 1. The first kappa shape index (κ1) is 11.2. The van der Waals surface area contributed by atoms with Gasteiger partial charge in [0.05, 0.1) is 6.54 Å². The van der Waals surface area contributed by atoms with Crippen molar-refractivity contribution in [2.45, 2.75) is 19.9 Å². The van der Waals surface area contributed by atoms with E-state index in [1.807, 2.05) is 35.7 Å². The molecular formula is C13H14N4S. The second-order valence-corrected chi connectivity index (χ2v) is 5.27. The second kappa shape index (κ2) is 4.78. The van der Waals surface area contributed by atoms with Gasteiger partial charge in [-0.15, -0.1) is 16.4 Å². The van der Waals surface area contributed by atoms with Crippen LogP contribution in [-0.4, -0.2) is 14.6 Å². The highest BCUT2D eigenvalue weighted by atomic mass is 32.1. The van der Waals surface area contributed by atoms with Gasteiger partial charge in [-0.3, -0.25) is 0 Å². The number of thiophene rings is 1. The van der Waals surface area contributed by atoms with E-state index in [9.17, 15) is 0 Å². The number of nitrogens with zero attached hydrogens (tertiary/aromatic N) is 3. The van der Waals surface area contributed by atoms with Gasteiger partial charge in [-0.05, 0) is 30.7 Å². The molecule has 0 atom stereocenters. The minimum atomic E-state index is 0.674. The van der Waals surface area contributed by atoms with Gasteiger partial charge in [0.2, 0.25) is 5.95 Å². The molecule has 0 unspecified atom stereocenters. The molecule has 0 amide bonds. The lowest BCUT2D eigenvalue weighted by Crippen LogP contribution is -1.99. The van der Waals surface area contributed by atoms with E-state index in [1.165, 1.54) is 9.75 Å². The van der Waals surface area contributed by atoms with E-state index in [0.29, 0.717) is 5.95 Å². The fourth-order valence-corrected chi connectivity index (χ4v) is 2.68. The van der Waals surface area contributed by atoms with Crippen LogP contribution in [0.15, 0.2) is 36.5 Å². The van der Waals surface area contributed by atoms with Gasteiger partial charge >= 0.3 is 0 Å². The third-order valence-corrected chi connectivity index (χ3v) is 3.96. The summed E-state index contributed by atoms with van der Waals surface area (Å²) in [7, 11) is 0. The minimum absolute atomic E-state index is 0.674. The summed E-state index contributed by atoms with van der Waals surface area (Å²) in [5, 5.41) is 7.61. The molecule has 0 aliphatic rings. The van der Waals surface area contributed by atoms with Crippen LogP contribution in [0.25, 0.3) is 5.65 Å². The molecule has 3 aromatic rings. The molecule has 0 aliphatic heterocycles. The zero-order chi connectivity index (χ0) is 12.4. The minimum Gasteiger partial charge on any atom is -0.348 e. The highest BCUT2D eigenvalue weighted by Gasteiger charge is 2.03. The standard InChI is InChI=1S/C13H14N4S/c1-2-10-6-7-11(18-10)9-14-13-15-12-5-3-4-8-17(12)16-13/h3-8H,2,9H2,1H3,(H,14,16). The molecule has 18 heavy (non-hydrogen) atoms. The summed E-state index contributed by atoms with van der Waals surface area (Å²) in [5.41, 5.74) is 0.862. The largest absolute Gasteiger partial charge is 0.348 e. The third kappa shape index (κ3) is 2.22. The number of fused-ring (bicyclic) bond motifs is 1. The molecule has 92 valence electrons. The molecule has 0 bridgehead atoms. The van der Waals surface area contributed by atoms with Crippen LogP contribution in [0, 0.1) is 0 Å². The van der Waals surface area contributed by atoms with Crippen molar-refractivity contribution in [3.63, 3.8) is 0 Å². The fraction of sp³-hybridized carbons (Fsp3) is 0.231. The van der Waals surface area contributed by atoms with Gasteiger partial charge in [-0.2, -0.15) is 4.98 Å². The summed E-state index contributed by atoms with van der Waals surface area (Å²) >= 11 is 1.83. The van der Waals surface area contributed by atoms with E-state index < -0.39 is 0 Å². The van der Waals surface area contributed by atoms with Crippen LogP contribution in [0.5, 0.6) is 0 Å². The van der Waals surface area contributed by atoms with Gasteiger partial charge < -0.3 is 5.32 Å². The molecule has 0 saturated carbocycles. The van der Waals surface area contributed by atoms with Crippen LogP contribution < -0.4 is 5.32 Å². The Kier molecular flexibility index (Phi) is 2.98. The van der Waals surface area contributed by atoms with Crippen molar-refractivity contribution < 1.29 is 0 Å². The molecule has 3 aromatic heterocycles. The normalized spacial score (nSPS) is 10.9. The van der Waals surface area contributed by atoms with Crippen molar-refractivity contribution in [1.29, 1.82) is 0 Å². The van der Waals surface area contributed by atoms with Crippen molar-refractivity contribution in [1.82, 2.24) is 14.6 Å². The zero-order valence-electron chi connectivity index (χ0n) is 10.1. The molecule has 1 N–H and O–H groups in total. The third-order valence-electron chi connectivity index (χ3n) is 2.73. The number of hydrogen-bond acceptors (Lipinski definition) is 4. The molecule has 0 saturated heterocycles. The number of aryl methyl sites for hydroxylation is 1. The lowest BCUT2D eigenvalue weighted by Gasteiger charge is -1.97. The molecule has 0 aromatic carbocycles. The summed E-state index contributed by atoms with van der Waals surface area (Å²) in [6.45, 7) is 2.95. The lowest BCUT2D eigenvalue weighted by atomic mass is 10.4.